The van der Waals surface area contributed by atoms with Gasteiger partial charge in [-0.05, 0) is 37.6 Å². The molecule has 0 bridgehead atoms. The molecule has 5 heteroatoms. The fraction of sp³-hybridized carbons (Fsp3) is 0.143. The van der Waals surface area contributed by atoms with E-state index in [1.54, 1.807) is 6.07 Å². The van der Waals surface area contributed by atoms with E-state index in [2.05, 4.69) is 19.9 Å². The molecule has 4 aromatic rings. The Labute approximate surface area is 150 Å². The van der Waals surface area contributed by atoms with E-state index in [0.29, 0.717) is 29.0 Å². The zero-order valence-corrected chi connectivity index (χ0v) is 14.7. The Morgan fingerprint density at radius 2 is 1.73 bits per heavy atom. The molecule has 5 nitrogen and oxygen atoms in total. The van der Waals surface area contributed by atoms with Crippen molar-refractivity contribution in [3.63, 3.8) is 0 Å². The predicted octanol–water partition coefficient (Wildman–Crippen LogP) is 3.59. The van der Waals surface area contributed by atoms with Crippen LogP contribution in [-0.4, -0.2) is 19.9 Å². The van der Waals surface area contributed by atoms with E-state index in [0.717, 1.165) is 22.5 Å². The lowest BCUT2D eigenvalue weighted by atomic mass is 10.1. The van der Waals surface area contributed by atoms with Crippen LogP contribution in [0.15, 0.2) is 59.4 Å². The lowest BCUT2D eigenvalue weighted by Crippen LogP contribution is -2.13. The highest BCUT2D eigenvalue weighted by Crippen LogP contribution is 2.18. The zero-order valence-electron chi connectivity index (χ0n) is 14.7. The lowest BCUT2D eigenvalue weighted by molar-refractivity contribution is 0.881. The molecular formula is C21H18N4O. The van der Waals surface area contributed by atoms with Crippen molar-refractivity contribution in [3.8, 4) is 11.3 Å². The Balaban J connectivity index is 1.75. The first-order chi connectivity index (χ1) is 12.6. The van der Waals surface area contributed by atoms with E-state index in [-0.39, 0.29) is 5.56 Å². The average molecular weight is 342 g/mol. The molecule has 0 spiro atoms. The Morgan fingerprint density at radius 1 is 0.923 bits per heavy atom. The van der Waals surface area contributed by atoms with Crippen LogP contribution in [0, 0.1) is 13.8 Å². The molecule has 0 unspecified atom stereocenters. The van der Waals surface area contributed by atoms with Gasteiger partial charge in [-0.2, -0.15) is 0 Å². The summed E-state index contributed by atoms with van der Waals surface area (Å²) in [5.41, 5.74) is 4.41. The Kier molecular flexibility index (Phi) is 4.05. The summed E-state index contributed by atoms with van der Waals surface area (Å²) in [4.78, 5) is 28.9. The topological polar surface area (TPSA) is 71.5 Å². The third-order valence-electron chi connectivity index (χ3n) is 4.21. The summed E-state index contributed by atoms with van der Waals surface area (Å²) in [5.74, 6) is 1.21. The monoisotopic (exact) mass is 342 g/mol. The van der Waals surface area contributed by atoms with Gasteiger partial charge in [0.1, 0.15) is 11.6 Å². The molecule has 0 aliphatic heterocycles. The molecule has 128 valence electrons. The van der Waals surface area contributed by atoms with Gasteiger partial charge in [-0.15, -0.1) is 0 Å². The normalized spacial score (nSPS) is 11.0. The number of hydrogen-bond donors (Lipinski definition) is 1. The lowest BCUT2D eigenvalue weighted by Gasteiger charge is -2.07. The zero-order chi connectivity index (χ0) is 18.1. The summed E-state index contributed by atoms with van der Waals surface area (Å²) in [6.45, 7) is 3.93. The van der Waals surface area contributed by atoms with Gasteiger partial charge in [0, 0.05) is 11.3 Å². The van der Waals surface area contributed by atoms with Crippen LogP contribution in [0.1, 0.15) is 22.9 Å². The van der Waals surface area contributed by atoms with Crippen molar-refractivity contribution in [2.45, 2.75) is 20.3 Å². The minimum atomic E-state index is -0.138. The van der Waals surface area contributed by atoms with Gasteiger partial charge < -0.3 is 4.98 Å². The number of aryl methyl sites for hydroxylation is 2. The molecule has 2 aromatic heterocycles. The van der Waals surface area contributed by atoms with Gasteiger partial charge in [-0.3, -0.25) is 4.79 Å². The van der Waals surface area contributed by atoms with Gasteiger partial charge in [0.15, 0.2) is 0 Å². The molecular weight excluding hydrogens is 324 g/mol. The van der Waals surface area contributed by atoms with E-state index < -0.39 is 0 Å². The van der Waals surface area contributed by atoms with Crippen molar-refractivity contribution in [1.29, 1.82) is 0 Å². The first kappa shape index (κ1) is 16.1. The van der Waals surface area contributed by atoms with Crippen molar-refractivity contribution in [3.05, 3.63) is 87.9 Å². The van der Waals surface area contributed by atoms with Crippen molar-refractivity contribution in [2.75, 3.05) is 0 Å². The molecule has 0 aliphatic rings. The standard InChI is InChI=1S/C21H18N4O/c1-13-8-9-16-18(10-13)24-20(25-21(16)26)12-19-22-14(2)11-17(23-19)15-6-4-3-5-7-15/h3-11H,12H2,1-2H3,(H,24,25,26). The number of fused-ring (bicyclic) bond motifs is 1. The van der Waals surface area contributed by atoms with E-state index in [4.69, 9.17) is 0 Å². The number of H-pyrrole nitrogens is 1. The van der Waals surface area contributed by atoms with Crippen LogP contribution in [-0.2, 0) is 6.42 Å². The molecule has 4 rings (SSSR count). The van der Waals surface area contributed by atoms with E-state index >= 15 is 0 Å². The number of benzene rings is 2. The fourth-order valence-corrected chi connectivity index (χ4v) is 3.00. The molecule has 0 saturated carbocycles. The van der Waals surface area contributed by atoms with E-state index in [9.17, 15) is 4.79 Å². The van der Waals surface area contributed by atoms with E-state index in [1.165, 1.54) is 0 Å². The van der Waals surface area contributed by atoms with Gasteiger partial charge in [0.05, 0.1) is 23.0 Å². The Morgan fingerprint density at radius 3 is 2.54 bits per heavy atom. The third-order valence-corrected chi connectivity index (χ3v) is 4.21. The highest BCUT2D eigenvalue weighted by Gasteiger charge is 2.09. The maximum atomic E-state index is 12.3. The van der Waals surface area contributed by atoms with Gasteiger partial charge in [-0.1, -0.05) is 36.4 Å². The summed E-state index contributed by atoms with van der Waals surface area (Å²) in [5, 5.41) is 0.592. The molecule has 0 aliphatic carbocycles. The highest BCUT2D eigenvalue weighted by atomic mass is 16.1. The smallest absolute Gasteiger partial charge is 0.258 e. The molecule has 1 N–H and O–H groups in total. The van der Waals surface area contributed by atoms with Crippen LogP contribution >= 0.6 is 0 Å². The van der Waals surface area contributed by atoms with Gasteiger partial charge >= 0.3 is 0 Å². The van der Waals surface area contributed by atoms with Crippen LogP contribution in [0.25, 0.3) is 22.2 Å². The van der Waals surface area contributed by atoms with Gasteiger partial charge in [0.2, 0.25) is 0 Å². The number of nitrogens with zero attached hydrogens (tertiary/aromatic N) is 3. The summed E-state index contributed by atoms with van der Waals surface area (Å²) >= 11 is 0. The number of nitrogens with one attached hydrogen (secondary N) is 1. The molecule has 26 heavy (non-hydrogen) atoms. The van der Waals surface area contributed by atoms with E-state index in [1.807, 2.05) is 62.4 Å². The molecule has 0 amide bonds. The van der Waals surface area contributed by atoms with Crippen LogP contribution < -0.4 is 5.56 Å². The quantitative estimate of drug-likeness (QED) is 0.618. The van der Waals surface area contributed by atoms with Crippen molar-refractivity contribution < 1.29 is 0 Å². The summed E-state index contributed by atoms with van der Waals surface area (Å²) in [6, 6.07) is 17.6. The molecule has 2 heterocycles. The summed E-state index contributed by atoms with van der Waals surface area (Å²) in [6.07, 6.45) is 0.376. The Bertz CT molecular complexity index is 1150. The number of rotatable bonds is 3. The first-order valence-corrected chi connectivity index (χ1v) is 8.48. The second kappa shape index (κ2) is 6.52. The highest BCUT2D eigenvalue weighted by molar-refractivity contribution is 5.78. The second-order valence-corrected chi connectivity index (χ2v) is 6.39. The second-order valence-electron chi connectivity index (χ2n) is 6.39. The first-order valence-electron chi connectivity index (χ1n) is 8.48. The molecule has 2 aromatic carbocycles. The number of aromatic nitrogens is 4. The maximum absolute atomic E-state index is 12.3. The number of aromatic amines is 1. The van der Waals surface area contributed by atoms with Crippen LogP contribution in [0.5, 0.6) is 0 Å². The molecule has 0 saturated heterocycles. The van der Waals surface area contributed by atoms with Crippen LogP contribution in [0.4, 0.5) is 0 Å². The van der Waals surface area contributed by atoms with Crippen LogP contribution in [0.2, 0.25) is 0 Å². The largest absolute Gasteiger partial charge is 0.310 e. The molecule has 0 atom stereocenters. The van der Waals surface area contributed by atoms with Crippen molar-refractivity contribution in [1.82, 2.24) is 19.9 Å². The van der Waals surface area contributed by atoms with Crippen molar-refractivity contribution in [2.24, 2.45) is 0 Å². The maximum Gasteiger partial charge on any atom is 0.258 e. The summed E-state index contributed by atoms with van der Waals surface area (Å²) < 4.78 is 0. The minimum absolute atomic E-state index is 0.138. The molecule has 0 fully saturated rings. The minimum Gasteiger partial charge on any atom is -0.310 e. The third kappa shape index (κ3) is 3.24. The fourth-order valence-electron chi connectivity index (χ4n) is 3.00. The SMILES string of the molecule is Cc1ccc2c(=O)[nH]c(Cc3nc(C)cc(-c4ccccc4)n3)nc2c1. The van der Waals surface area contributed by atoms with Gasteiger partial charge in [-0.25, -0.2) is 15.0 Å². The predicted molar refractivity (Wildman–Crippen MR) is 102 cm³/mol. The average Bonchev–Trinajstić information content (AvgIpc) is 2.61. The van der Waals surface area contributed by atoms with Gasteiger partial charge in [0.25, 0.3) is 5.56 Å². The summed E-state index contributed by atoms with van der Waals surface area (Å²) in [7, 11) is 0. The number of hydrogen-bond acceptors (Lipinski definition) is 4. The molecule has 0 radical (unpaired) electrons. The Hall–Kier alpha value is -3.34. The van der Waals surface area contributed by atoms with Crippen molar-refractivity contribution >= 4 is 10.9 Å². The van der Waals surface area contributed by atoms with Crippen LogP contribution in [0.3, 0.4) is 0 Å².